The van der Waals surface area contributed by atoms with Crippen LogP contribution < -0.4 is 0 Å². The fourth-order valence-electron chi connectivity index (χ4n) is 0.330. The number of carboxylic acids is 1. The number of alkyl halides is 1. The van der Waals surface area contributed by atoms with Crippen LogP contribution in [0.2, 0.25) is 0 Å². The van der Waals surface area contributed by atoms with Crippen molar-refractivity contribution in [1.82, 2.24) is 0 Å². The second-order valence-electron chi connectivity index (χ2n) is 1.69. The maximum Gasteiger partial charge on any atom is 0.334 e. The minimum atomic E-state index is -2.60. The Morgan fingerprint density at radius 1 is 1.64 bits per heavy atom. The monoisotopic (exact) mass is 166 g/mol. The van der Waals surface area contributed by atoms with Gasteiger partial charge in [-0.05, 0) is 0 Å². The van der Waals surface area contributed by atoms with E-state index in [0.29, 0.717) is 0 Å². The molecule has 0 radical (unpaired) electrons. The number of halogens is 3. The van der Waals surface area contributed by atoms with Gasteiger partial charge in [0.2, 0.25) is 0 Å². The summed E-state index contributed by atoms with van der Waals surface area (Å²) < 4.78 is 35.5. The molecule has 11 heavy (non-hydrogen) atoms. The van der Waals surface area contributed by atoms with Crippen LogP contribution in [0.1, 0.15) is 0 Å². The van der Waals surface area contributed by atoms with Gasteiger partial charge in [0.1, 0.15) is 6.33 Å². The van der Waals surface area contributed by atoms with Gasteiger partial charge in [-0.3, -0.25) is 0 Å². The molecule has 0 aromatic rings. The molecule has 0 rings (SSSR count). The van der Waals surface area contributed by atoms with Gasteiger partial charge in [-0.1, -0.05) is 6.58 Å². The molecule has 5 heteroatoms. The minimum Gasteiger partial charge on any atom is -0.478 e. The van der Waals surface area contributed by atoms with Crippen LogP contribution in [-0.2, 0) is 4.79 Å². The lowest BCUT2D eigenvalue weighted by Gasteiger charge is -2.02. The van der Waals surface area contributed by atoms with Crippen LogP contribution in [0.15, 0.2) is 24.3 Å². The lowest BCUT2D eigenvalue weighted by Crippen LogP contribution is -2.12. The van der Waals surface area contributed by atoms with E-state index in [0.717, 1.165) is 0 Å². The van der Waals surface area contributed by atoms with Crippen molar-refractivity contribution < 1.29 is 23.1 Å². The molecule has 1 N–H and O–H groups in total. The smallest absolute Gasteiger partial charge is 0.334 e. The van der Waals surface area contributed by atoms with Crippen molar-refractivity contribution >= 4 is 5.97 Å². The Bertz CT molecular complexity index is 210. The normalized spacial score (nSPS) is 14.3. The summed E-state index contributed by atoms with van der Waals surface area (Å²) in [5.74, 6) is -3.49. The molecule has 1 atom stereocenters. The number of aliphatic carboxylic acids is 1. The first-order valence-corrected chi connectivity index (χ1v) is 2.52. The molecule has 62 valence electrons. The van der Waals surface area contributed by atoms with Crippen LogP contribution in [0.3, 0.4) is 0 Å². The predicted octanol–water partition coefficient (Wildman–Crippen LogP) is 1.75. The van der Waals surface area contributed by atoms with E-state index in [4.69, 9.17) is 5.11 Å². The standard InChI is InChI=1S/C6H5F3O2/c1-3(6(10)11)5(9)4(8)2-7/h2,5H,1H2,(H,10,11). The Labute approximate surface area is 60.6 Å². The number of allylic oxidation sites excluding steroid dienone is 1. The van der Waals surface area contributed by atoms with Crippen LogP contribution in [-0.4, -0.2) is 17.2 Å². The Hall–Kier alpha value is -1.26. The Morgan fingerprint density at radius 2 is 2.09 bits per heavy atom. The molecule has 0 bridgehead atoms. The van der Waals surface area contributed by atoms with Crippen molar-refractivity contribution in [1.29, 1.82) is 0 Å². The summed E-state index contributed by atoms with van der Waals surface area (Å²) in [6.45, 7) is 2.70. The van der Waals surface area contributed by atoms with Gasteiger partial charge in [0.05, 0.1) is 5.57 Å². The summed E-state index contributed by atoms with van der Waals surface area (Å²) >= 11 is 0. The van der Waals surface area contributed by atoms with Gasteiger partial charge < -0.3 is 5.11 Å². The highest BCUT2D eigenvalue weighted by molar-refractivity contribution is 5.87. The van der Waals surface area contributed by atoms with E-state index in [1.54, 1.807) is 0 Å². The first-order valence-electron chi connectivity index (χ1n) is 2.52. The van der Waals surface area contributed by atoms with Crippen LogP contribution in [0.5, 0.6) is 0 Å². The SMILES string of the molecule is C=C(C(=O)O)C(F)C(F)=CF. The third kappa shape index (κ3) is 2.45. The molecule has 0 aromatic carbocycles. The maximum absolute atomic E-state index is 12.3. The van der Waals surface area contributed by atoms with Gasteiger partial charge in [0.25, 0.3) is 0 Å². The number of hydrogen-bond acceptors (Lipinski definition) is 1. The highest BCUT2D eigenvalue weighted by Crippen LogP contribution is 2.16. The zero-order chi connectivity index (χ0) is 9.02. The van der Waals surface area contributed by atoms with Gasteiger partial charge >= 0.3 is 5.97 Å². The Balaban J connectivity index is 4.38. The molecule has 0 amide bonds. The Kier molecular flexibility index (Phi) is 3.36. The van der Waals surface area contributed by atoms with Crippen LogP contribution in [0, 0.1) is 0 Å². The fourth-order valence-corrected chi connectivity index (χ4v) is 0.330. The van der Waals surface area contributed by atoms with Gasteiger partial charge in [-0.2, -0.15) is 0 Å². The van der Waals surface area contributed by atoms with Crippen molar-refractivity contribution in [2.75, 3.05) is 0 Å². The Morgan fingerprint density at radius 3 is 2.36 bits per heavy atom. The molecule has 0 saturated heterocycles. The largest absolute Gasteiger partial charge is 0.478 e. The van der Waals surface area contributed by atoms with E-state index in [9.17, 15) is 18.0 Å². The topological polar surface area (TPSA) is 37.3 Å². The molecule has 1 unspecified atom stereocenters. The molecular formula is C6H5F3O2. The highest BCUT2D eigenvalue weighted by atomic mass is 19.2. The number of carbonyl (C=O) groups is 1. The van der Waals surface area contributed by atoms with Crippen molar-refractivity contribution in [3.63, 3.8) is 0 Å². The summed E-state index contributed by atoms with van der Waals surface area (Å²) in [6.07, 6.45) is -3.24. The fraction of sp³-hybridized carbons (Fsp3) is 0.167. The molecule has 0 aromatic heterocycles. The maximum atomic E-state index is 12.3. The van der Waals surface area contributed by atoms with Crippen molar-refractivity contribution in [3.05, 3.63) is 24.3 Å². The van der Waals surface area contributed by atoms with Gasteiger partial charge in [0.15, 0.2) is 12.0 Å². The average Bonchev–Trinajstić information content (AvgIpc) is 2.00. The van der Waals surface area contributed by atoms with Crippen molar-refractivity contribution in [3.8, 4) is 0 Å². The van der Waals surface area contributed by atoms with E-state index in [1.807, 2.05) is 0 Å². The minimum absolute atomic E-state index is 0.640. The lowest BCUT2D eigenvalue weighted by molar-refractivity contribution is -0.133. The molecular weight excluding hydrogens is 161 g/mol. The van der Waals surface area contributed by atoms with E-state index in [-0.39, 0.29) is 0 Å². The second-order valence-corrected chi connectivity index (χ2v) is 1.69. The molecule has 0 saturated carbocycles. The zero-order valence-electron chi connectivity index (χ0n) is 5.35. The number of carboxylic acid groups (broad SMARTS) is 1. The molecule has 0 aliphatic heterocycles. The van der Waals surface area contributed by atoms with Crippen molar-refractivity contribution in [2.45, 2.75) is 6.17 Å². The third-order valence-electron chi connectivity index (χ3n) is 0.927. The van der Waals surface area contributed by atoms with Crippen LogP contribution >= 0.6 is 0 Å². The summed E-state index contributed by atoms with van der Waals surface area (Å²) in [7, 11) is 0. The summed E-state index contributed by atoms with van der Waals surface area (Å²) in [5.41, 5.74) is -1.03. The summed E-state index contributed by atoms with van der Waals surface area (Å²) in [4.78, 5) is 9.91. The van der Waals surface area contributed by atoms with E-state index < -0.39 is 29.9 Å². The summed E-state index contributed by atoms with van der Waals surface area (Å²) in [5, 5.41) is 8.04. The summed E-state index contributed by atoms with van der Waals surface area (Å²) in [6, 6.07) is 0. The average molecular weight is 166 g/mol. The molecule has 0 aliphatic carbocycles. The van der Waals surface area contributed by atoms with Crippen LogP contribution in [0.25, 0.3) is 0 Å². The zero-order valence-corrected chi connectivity index (χ0v) is 5.35. The first-order chi connectivity index (χ1) is 5.00. The first kappa shape index (κ1) is 9.74. The van der Waals surface area contributed by atoms with Crippen molar-refractivity contribution in [2.24, 2.45) is 0 Å². The van der Waals surface area contributed by atoms with Crippen LogP contribution in [0.4, 0.5) is 13.2 Å². The molecule has 0 heterocycles. The number of rotatable bonds is 3. The second kappa shape index (κ2) is 3.80. The quantitative estimate of drug-likeness (QED) is 0.648. The molecule has 0 aliphatic rings. The molecule has 2 nitrogen and oxygen atoms in total. The van der Waals surface area contributed by atoms with Gasteiger partial charge in [-0.25, -0.2) is 18.0 Å². The predicted molar refractivity (Wildman–Crippen MR) is 32.0 cm³/mol. The van der Waals surface area contributed by atoms with E-state index >= 15 is 0 Å². The molecule has 0 spiro atoms. The van der Waals surface area contributed by atoms with E-state index in [2.05, 4.69) is 6.58 Å². The number of hydrogen-bond donors (Lipinski definition) is 1. The van der Waals surface area contributed by atoms with Gasteiger partial charge in [0, 0.05) is 0 Å². The van der Waals surface area contributed by atoms with E-state index in [1.165, 1.54) is 0 Å². The molecule has 0 fully saturated rings. The third-order valence-corrected chi connectivity index (χ3v) is 0.927. The highest BCUT2D eigenvalue weighted by Gasteiger charge is 2.22. The van der Waals surface area contributed by atoms with Gasteiger partial charge in [-0.15, -0.1) is 0 Å². The lowest BCUT2D eigenvalue weighted by atomic mass is 10.2.